The minimum absolute atomic E-state index is 0. The number of nitrogens with one attached hydrogen (secondary N) is 2. The van der Waals surface area contributed by atoms with E-state index in [4.69, 9.17) is 11.6 Å². The van der Waals surface area contributed by atoms with Crippen LogP contribution in [0.4, 0.5) is 0 Å². The van der Waals surface area contributed by atoms with Gasteiger partial charge in [0.15, 0.2) is 0 Å². The molecule has 0 aliphatic carbocycles. The molecule has 2 aromatic carbocycles. The second-order valence-corrected chi connectivity index (χ2v) is 6.55. The van der Waals surface area contributed by atoms with E-state index in [0.29, 0.717) is 10.9 Å². The summed E-state index contributed by atoms with van der Waals surface area (Å²) in [6.07, 6.45) is 0. The first-order chi connectivity index (χ1) is 11.1. The van der Waals surface area contributed by atoms with Crippen molar-refractivity contribution in [2.24, 2.45) is 11.8 Å². The molecule has 0 bridgehead atoms. The molecule has 2 N–H and O–H groups in total. The lowest BCUT2D eigenvalue weighted by atomic mass is 9.87. The van der Waals surface area contributed by atoms with Crippen molar-refractivity contribution in [1.29, 1.82) is 0 Å². The highest BCUT2D eigenvalue weighted by molar-refractivity contribution is 6.30. The summed E-state index contributed by atoms with van der Waals surface area (Å²) in [7, 11) is 0. The Labute approximate surface area is 154 Å². The van der Waals surface area contributed by atoms with E-state index in [0.717, 1.165) is 24.2 Å². The van der Waals surface area contributed by atoms with Crippen molar-refractivity contribution in [3.05, 3.63) is 70.7 Å². The maximum Gasteiger partial charge on any atom is 0.223 e. The van der Waals surface area contributed by atoms with Crippen LogP contribution in [0.5, 0.6) is 0 Å². The number of hydrogen-bond donors (Lipinski definition) is 2. The average molecular weight is 365 g/mol. The topological polar surface area (TPSA) is 41.1 Å². The van der Waals surface area contributed by atoms with Crippen LogP contribution in [-0.2, 0) is 4.79 Å². The molecule has 0 spiro atoms. The lowest BCUT2D eigenvalue weighted by Crippen LogP contribution is -2.50. The molecule has 5 heteroatoms. The van der Waals surface area contributed by atoms with E-state index in [2.05, 4.69) is 10.6 Å². The quantitative estimate of drug-likeness (QED) is 0.846. The van der Waals surface area contributed by atoms with E-state index in [9.17, 15) is 4.79 Å². The predicted octanol–water partition coefficient (Wildman–Crippen LogP) is 3.82. The monoisotopic (exact) mass is 364 g/mol. The number of carbonyl (C=O) groups excluding carboxylic acids is 1. The lowest BCUT2D eigenvalue weighted by Gasteiger charge is -2.33. The Bertz CT molecular complexity index is 657. The van der Waals surface area contributed by atoms with Gasteiger partial charge >= 0.3 is 0 Å². The summed E-state index contributed by atoms with van der Waals surface area (Å²) >= 11 is 5.99. The Kier molecular flexibility index (Phi) is 6.67. The summed E-state index contributed by atoms with van der Waals surface area (Å²) in [6, 6.07) is 17.5. The Hall–Kier alpha value is -1.55. The maximum atomic E-state index is 12.6. The van der Waals surface area contributed by atoms with Gasteiger partial charge in [0.05, 0.1) is 6.04 Å². The van der Waals surface area contributed by atoms with Crippen molar-refractivity contribution >= 4 is 29.9 Å². The van der Waals surface area contributed by atoms with Crippen molar-refractivity contribution < 1.29 is 4.79 Å². The Morgan fingerprint density at radius 2 is 1.67 bits per heavy atom. The van der Waals surface area contributed by atoms with E-state index < -0.39 is 0 Å². The molecule has 0 radical (unpaired) electrons. The third-order valence-corrected chi connectivity index (χ3v) is 4.81. The Morgan fingerprint density at radius 1 is 1.08 bits per heavy atom. The van der Waals surface area contributed by atoms with Gasteiger partial charge in [-0.25, -0.2) is 0 Å². The largest absolute Gasteiger partial charge is 0.345 e. The van der Waals surface area contributed by atoms with Crippen LogP contribution in [0.1, 0.15) is 24.1 Å². The predicted molar refractivity (Wildman–Crippen MR) is 101 cm³/mol. The molecular formula is C19H22Cl2N2O. The summed E-state index contributed by atoms with van der Waals surface area (Å²) in [6.45, 7) is 3.85. The van der Waals surface area contributed by atoms with Gasteiger partial charge in [-0.3, -0.25) is 4.79 Å². The van der Waals surface area contributed by atoms with Gasteiger partial charge in [-0.15, -0.1) is 12.4 Å². The van der Waals surface area contributed by atoms with Gasteiger partial charge in [0.25, 0.3) is 0 Å². The van der Waals surface area contributed by atoms with E-state index in [1.165, 1.54) is 0 Å². The zero-order valence-electron chi connectivity index (χ0n) is 13.5. The lowest BCUT2D eigenvalue weighted by molar-refractivity contribution is -0.127. The van der Waals surface area contributed by atoms with Crippen molar-refractivity contribution in [2.45, 2.75) is 13.0 Å². The molecule has 1 heterocycles. The van der Waals surface area contributed by atoms with E-state index >= 15 is 0 Å². The molecule has 1 amide bonds. The van der Waals surface area contributed by atoms with Crippen molar-refractivity contribution in [2.75, 3.05) is 13.1 Å². The normalized spacial score (nSPS) is 16.4. The number of carbonyl (C=O) groups is 1. The number of benzene rings is 2. The van der Waals surface area contributed by atoms with Crippen molar-refractivity contribution in [3.8, 4) is 0 Å². The van der Waals surface area contributed by atoms with Crippen LogP contribution in [0.15, 0.2) is 54.6 Å². The summed E-state index contributed by atoms with van der Waals surface area (Å²) in [5.74, 6) is 0.534. The second kappa shape index (κ2) is 8.52. The average Bonchev–Trinajstić information content (AvgIpc) is 2.52. The maximum absolute atomic E-state index is 12.6. The molecule has 0 aromatic heterocycles. The molecule has 1 fully saturated rings. The molecule has 2 aromatic rings. The van der Waals surface area contributed by atoms with Crippen LogP contribution < -0.4 is 10.6 Å². The molecule has 2 unspecified atom stereocenters. The minimum Gasteiger partial charge on any atom is -0.345 e. The molecule has 1 saturated heterocycles. The van der Waals surface area contributed by atoms with Crippen LogP contribution in [0, 0.1) is 11.8 Å². The summed E-state index contributed by atoms with van der Waals surface area (Å²) in [4.78, 5) is 12.6. The highest BCUT2D eigenvalue weighted by Gasteiger charge is 2.30. The molecule has 0 saturated carbocycles. The molecule has 1 aliphatic rings. The molecule has 24 heavy (non-hydrogen) atoms. The molecule has 1 aliphatic heterocycles. The molecule has 2 atom stereocenters. The smallest absolute Gasteiger partial charge is 0.223 e. The third-order valence-electron chi connectivity index (χ3n) is 4.56. The van der Waals surface area contributed by atoms with Crippen LogP contribution in [0.2, 0.25) is 5.02 Å². The van der Waals surface area contributed by atoms with Crippen LogP contribution in [0.25, 0.3) is 0 Å². The summed E-state index contributed by atoms with van der Waals surface area (Å²) in [5, 5.41) is 7.13. The van der Waals surface area contributed by atoms with E-state index in [1.54, 1.807) is 0 Å². The fourth-order valence-electron chi connectivity index (χ4n) is 2.81. The highest BCUT2D eigenvalue weighted by Crippen LogP contribution is 2.25. The van der Waals surface area contributed by atoms with Gasteiger partial charge < -0.3 is 10.6 Å². The Morgan fingerprint density at radius 3 is 2.21 bits per heavy atom. The fourth-order valence-corrected chi connectivity index (χ4v) is 2.94. The van der Waals surface area contributed by atoms with Crippen LogP contribution in [-0.4, -0.2) is 19.0 Å². The zero-order chi connectivity index (χ0) is 16.2. The van der Waals surface area contributed by atoms with Gasteiger partial charge in [0, 0.05) is 10.9 Å². The second-order valence-electron chi connectivity index (χ2n) is 6.11. The first-order valence-electron chi connectivity index (χ1n) is 7.96. The van der Waals surface area contributed by atoms with Gasteiger partial charge in [0.1, 0.15) is 0 Å². The van der Waals surface area contributed by atoms with Gasteiger partial charge in [-0.1, -0.05) is 61.0 Å². The summed E-state index contributed by atoms with van der Waals surface area (Å²) in [5.41, 5.74) is 2.11. The van der Waals surface area contributed by atoms with Gasteiger partial charge in [-0.2, -0.15) is 0 Å². The number of halogens is 2. The number of rotatable bonds is 5. The summed E-state index contributed by atoms with van der Waals surface area (Å²) < 4.78 is 0. The third kappa shape index (κ3) is 4.29. The zero-order valence-corrected chi connectivity index (χ0v) is 15.1. The fraction of sp³-hybridized carbons (Fsp3) is 0.316. The molecule has 3 nitrogen and oxygen atoms in total. The minimum atomic E-state index is -0.156. The number of amides is 1. The molecule has 128 valence electrons. The van der Waals surface area contributed by atoms with E-state index in [-0.39, 0.29) is 30.3 Å². The first kappa shape index (κ1) is 18.8. The number of hydrogen-bond acceptors (Lipinski definition) is 2. The van der Waals surface area contributed by atoms with Gasteiger partial charge in [-0.05, 0) is 42.3 Å². The first-order valence-corrected chi connectivity index (χ1v) is 8.34. The van der Waals surface area contributed by atoms with Crippen LogP contribution in [0.3, 0.4) is 0 Å². The molecular weight excluding hydrogens is 343 g/mol. The van der Waals surface area contributed by atoms with Crippen molar-refractivity contribution in [3.63, 3.8) is 0 Å². The standard InChI is InChI=1S/C19H21ClN2O.ClH/c1-13(16-11-21-12-16)19(23)22-18(14-5-3-2-4-6-14)15-7-9-17(20)10-8-15;/h2-10,13,16,18,21H,11-12H2,1H3,(H,22,23);1H. The SMILES string of the molecule is CC(C(=O)NC(c1ccccc1)c1ccc(Cl)cc1)C1CNC1.Cl. The van der Waals surface area contributed by atoms with E-state index in [1.807, 2.05) is 61.5 Å². The van der Waals surface area contributed by atoms with Crippen LogP contribution >= 0.6 is 24.0 Å². The Balaban J connectivity index is 0.00000208. The molecule has 3 rings (SSSR count). The highest BCUT2D eigenvalue weighted by atomic mass is 35.5. The van der Waals surface area contributed by atoms with Crippen molar-refractivity contribution in [1.82, 2.24) is 10.6 Å². The van der Waals surface area contributed by atoms with Gasteiger partial charge in [0.2, 0.25) is 5.91 Å².